The van der Waals surface area contributed by atoms with Gasteiger partial charge in [0.15, 0.2) is 0 Å². The Hall–Kier alpha value is -3.27. The van der Waals surface area contributed by atoms with Gasteiger partial charge in [0, 0.05) is 16.6 Å². The van der Waals surface area contributed by atoms with E-state index < -0.39 is 22.2 Å². The average Bonchev–Trinajstić information content (AvgIpc) is 2.81. The lowest BCUT2D eigenvalue weighted by atomic mass is 10.3. The van der Waals surface area contributed by atoms with Crippen molar-refractivity contribution in [2.24, 2.45) is 0 Å². The first-order valence-corrected chi connectivity index (χ1v) is 12.6. The van der Waals surface area contributed by atoms with Crippen molar-refractivity contribution in [1.29, 1.82) is 0 Å². The molecule has 1 heterocycles. The molecule has 10 nitrogen and oxygen atoms in total. The maximum Gasteiger partial charge on any atom is 0.490 e. The number of benzene rings is 2. The predicted molar refractivity (Wildman–Crippen MR) is 130 cm³/mol. The van der Waals surface area contributed by atoms with Gasteiger partial charge >= 0.3 is 12.1 Å². The van der Waals surface area contributed by atoms with Gasteiger partial charge in [-0.25, -0.2) is 27.9 Å². The Morgan fingerprint density at radius 3 is 2.19 bits per heavy atom. The fraction of sp³-hybridized carbons (Fsp3) is 0.150. The van der Waals surface area contributed by atoms with Crippen molar-refractivity contribution in [2.75, 3.05) is 23.9 Å². The molecule has 194 valence electrons. The maximum absolute atomic E-state index is 12.1. The molecular formula is C20H19ClF3N5O5S2. The third-order valence-electron chi connectivity index (χ3n) is 4.14. The molecule has 36 heavy (non-hydrogen) atoms. The van der Waals surface area contributed by atoms with E-state index in [2.05, 4.69) is 25.3 Å². The van der Waals surface area contributed by atoms with Gasteiger partial charge in [-0.1, -0.05) is 11.6 Å². The lowest BCUT2D eigenvalue weighted by Gasteiger charge is -2.13. The van der Waals surface area contributed by atoms with E-state index >= 15 is 0 Å². The van der Waals surface area contributed by atoms with Crippen LogP contribution in [0.3, 0.4) is 0 Å². The summed E-state index contributed by atoms with van der Waals surface area (Å²) < 4.78 is 58.2. The third-order valence-corrected chi connectivity index (χ3v) is 6.65. The normalized spacial score (nSPS) is 11.3. The van der Waals surface area contributed by atoms with E-state index in [0.29, 0.717) is 23.0 Å². The highest BCUT2D eigenvalue weighted by atomic mass is 35.5. The number of thioether (sulfide) groups is 1. The first-order valence-electron chi connectivity index (χ1n) is 9.53. The van der Waals surface area contributed by atoms with Gasteiger partial charge in [-0.05, 0) is 49.7 Å². The molecule has 2 aromatic carbocycles. The first kappa shape index (κ1) is 29.0. The van der Waals surface area contributed by atoms with Crippen molar-refractivity contribution in [3.8, 4) is 5.75 Å². The van der Waals surface area contributed by atoms with Gasteiger partial charge in [0.1, 0.15) is 23.7 Å². The second-order valence-electron chi connectivity index (χ2n) is 6.58. The summed E-state index contributed by atoms with van der Waals surface area (Å²) in [6.45, 7) is 0. The summed E-state index contributed by atoms with van der Waals surface area (Å²) in [6, 6.07) is 11.2. The number of hydrogen-bond acceptors (Lipinski definition) is 9. The quantitative estimate of drug-likeness (QED) is 0.203. The molecule has 5 N–H and O–H groups in total. The zero-order valence-electron chi connectivity index (χ0n) is 18.5. The number of alkyl halides is 3. The van der Waals surface area contributed by atoms with E-state index in [1.54, 1.807) is 36.4 Å². The fourth-order valence-electron chi connectivity index (χ4n) is 2.43. The number of carbonyl (C=O) groups is 1. The lowest BCUT2D eigenvalue weighted by molar-refractivity contribution is -0.192. The Bertz CT molecular complexity index is 1340. The molecule has 0 aliphatic rings. The highest BCUT2D eigenvalue weighted by Gasteiger charge is 2.38. The van der Waals surface area contributed by atoms with Gasteiger partial charge in [0.2, 0.25) is 10.0 Å². The molecule has 0 saturated heterocycles. The van der Waals surface area contributed by atoms with Crippen molar-refractivity contribution in [2.45, 2.75) is 16.0 Å². The number of sulfonamides is 1. The second kappa shape index (κ2) is 12.1. The van der Waals surface area contributed by atoms with Crippen LogP contribution in [0, 0.1) is 0 Å². The molecule has 3 aromatic rings. The molecule has 0 aliphatic carbocycles. The van der Waals surface area contributed by atoms with E-state index in [4.69, 9.17) is 21.5 Å². The number of nitrogens with zero attached hydrogens (tertiary/aromatic N) is 2. The molecule has 0 unspecified atom stereocenters. The number of halogens is 4. The number of anilines is 4. The minimum Gasteiger partial charge on any atom is -0.506 e. The first-order chi connectivity index (χ1) is 16.8. The largest absolute Gasteiger partial charge is 0.506 e. The summed E-state index contributed by atoms with van der Waals surface area (Å²) in [7, 11) is -2.21. The zero-order chi connectivity index (χ0) is 27.1. The van der Waals surface area contributed by atoms with Crippen LogP contribution >= 0.6 is 23.4 Å². The number of nitrogens with one attached hydrogen (secondary N) is 3. The highest BCUT2D eigenvalue weighted by Crippen LogP contribution is 2.31. The van der Waals surface area contributed by atoms with Crippen LogP contribution in [-0.2, 0) is 14.8 Å². The number of rotatable bonds is 7. The van der Waals surface area contributed by atoms with Crippen molar-refractivity contribution in [3.63, 3.8) is 0 Å². The van der Waals surface area contributed by atoms with Gasteiger partial charge < -0.3 is 20.8 Å². The summed E-state index contributed by atoms with van der Waals surface area (Å²) in [4.78, 5) is 18.3. The van der Waals surface area contributed by atoms with Crippen LogP contribution in [0.4, 0.5) is 36.2 Å². The summed E-state index contributed by atoms with van der Waals surface area (Å²) in [6.07, 6.45) is -1.81. The Balaban J connectivity index is 0.000000572. The zero-order valence-corrected chi connectivity index (χ0v) is 20.8. The number of aliphatic carboxylic acids is 1. The monoisotopic (exact) mass is 565 g/mol. The number of phenolic OH excluding ortho intramolecular Hbond substituents is 1. The number of aromatic nitrogens is 2. The summed E-state index contributed by atoms with van der Waals surface area (Å²) in [5, 5.41) is 23.1. The van der Waals surface area contributed by atoms with Gasteiger partial charge in [-0.15, -0.1) is 11.8 Å². The molecule has 0 aliphatic heterocycles. The minimum absolute atomic E-state index is 0.0109. The Morgan fingerprint density at radius 2 is 1.67 bits per heavy atom. The molecule has 0 spiro atoms. The van der Waals surface area contributed by atoms with Crippen LogP contribution in [0.2, 0.25) is 5.02 Å². The Labute approximate surface area is 213 Å². The minimum atomic E-state index is -5.08. The predicted octanol–water partition coefficient (Wildman–Crippen LogP) is 4.59. The molecule has 0 bridgehead atoms. The average molecular weight is 566 g/mol. The molecule has 0 atom stereocenters. The summed E-state index contributed by atoms with van der Waals surface area (Å²) in [5.74, 6) is -1.80. The fourth-order valence-corrected chi connectivity index (χ4v) is 3.90. The van der Waals surface area contributed by atoms with Crippen molar-refractivity contribution >= 4 is 62.4 Å². The molecule has 0 saturated carbocycles. The van der Waals surface area contributed by atoms with E-state index in [0.717, 1.165) is 4.90 Å². The molecule has 16 heteroatoms. The van der Waals surface area contributed by atoms with Crippen LogP contribution in [0.5, 0.6) is 5.75 Å². The van der Waals surface area contributed by atoms with Crippen LogP contribution in [0.15, 0.2) is 58.6 Å². The molecular weight excluding hydrogens is 547 g/mol. The molecule has 0 amide bonds. The standard InChI is InChI=1S/C18H18ClN5O3S2.C2HF3O2/c1-20-29(26,27)12-4-6-16(28-2)14(8-12)24-18-9-17(21-10-22-18)23-11-3-5-15(25)13(19)7-11;3-2(4,5)1(6)7/h3-10,20,25H,1-2H3,(H2,21,22,23,24);(H,6,7). The van der Waals surface area contributed by atoms with Crippen LogP contribution in [0.1, 0.15) is 0 Å². The van der Waals surface area contributed by atoms with Crippen molar-refractivity contribution in [1.82, 2.24) is 14.7 Å². The number of aromatic hydroxyl groups is 1. The number of hydrogen-bond donors (Lipinski definition) is 5. The Morgan fingerprint density at radius 1 is 1.06 bits per heavy atom. The number of carboxylic acids is 1. The Kier molecular flexibility index (Phi) is 9.75. The summed E-state index contributed by atoms with van der Waals surface area (Å²) >= 11 is 7.40. The topological polar surface area (TPSA) is 154 Å². The lowest BCUT2D eigenvalue weighted by Crippen LogP contribution is -2.21. The van der Waals surface area contributed by atoms with Crippen molar-refractivity contribution < 1.29 is 36.6 Å². The SMILES string of the molecule is CNS(=O)(=O)c1ccc(SC)c(Nc2cc(Nc3ccc(O)c(Cl)c3)ncn2)c1.O=C(O)C(F)(F)F. The molecule has 0 radical (unpaired) electrons. The second-order valence-corrected chi connectivity index (χ2v) is 9.72. The number of carboxylic acid groups (broad SMARTS) is 1. The van der Waals surface area contributed by atoms with Gasteiger partial charge in [0.05, 0.1) is 15.6 Å². The number of phenols is 1. The van der Waals surface area contributed by atoms with Gasteiger partial charge in [-0.3, -0.25) is 0 Å². The van der Waals surface area contributed by atoms with E-state index in [1.807, 2.05) is 6.26 Å². The molecule has 0 fully saturated rings. The van der Waals surface area contributed by atoms with Crippen LogP contribution in [-0.4, -0.2) is 54.0 Å². The van der Waals surface area contributed by atoms with E-state index in [1.165, 1.54) is 31.2 Å². The molecule has 1 aromatic heterocycles. The van der Waals surface area contributed by atoms with Gasteiger partial charge in [-0.2, -0.15) is 13.2 Å². The van der Waals surface area contributed by atoms with Crippen molar-refractivity contribution in [3.05, 3.63) is 53.8 Å². The van der Waals surface area contributed by atoms with Crippen LogP contribution in [0.25, 0.3) is 0 Å². The molecule has 3 rings (SSSR count). The van der Waals surface area contributed by atoms with Gasteiger partial charge in [0.25, 0.3) is 0 Å². The highest BCUT2D eigenvalue weighted by molar-refractivity contribution is 7.98. The summed E-state index contributed by atoms with van der Waals surface area (Å²) in [5.41, 5.74) is 1.25. The van der Waals surface area contributed by atoms with E-state index in [-0.39, 0.29) is 15.7 Å². The van der Waals surface area contributed by atoms with E-state index in [9.17, 15) is 26.7 Å². The van der Waals surface area contributed by atoms with Crippen LogP contribution < -0.4 is 15.4 Å². The smallest absolute Gasteiger partial charge is 0.490 e. The maximum atomic E-state index is 12.1. The third kappa shape index (κ3) is 8.15.